The summed E-state index contributed by atoms with van der Waals surface area (Å²) >= 11 is 0. The van der Waals surface area contributed by atoms with Crippen molar-refractivity contribution in [2.24, 2.45) is 5.92 Å². The number of ether oxygens (including phenoxy) is 1. The van der Waals surface area contributed by atoms with Crippen molar-refractivity contribution >= 4 is 22.8 Å². The number of likely N-dealkylation sites (N-methyl/N-ethyl adjacent to an activating group) is 1. The lowest BCUT2D eigenvalue weighted by Crippen LogP contribution is -2.56. The van der Waals surface area contributed by atoms with E-state index >= 15 is 4.39 Å². The molecule has 1 aromatic carbocycles. The van der Waals surface area contributed by atoms with E-state index in [2.05, 4.69) is 29.4 Å². The number of halogens is 1. The molecule has 3 aromatic rings. The van der Waals surface area contributed by atoms with Gasteiger partial charge in [0.15, 0.2) is 5.65 Å². The zero-order valence-electron chi connectivity index (χ0n) is 23.8. The normalized spacial score (nSPS) is 24.8. The molecular weight excluding hydrogens is 533 g/mol. The Bertz CT molecular complexity index is 1620. The molecule has 4 heterocycles. The number of nitrogens with zero attached hydrogens (tertiary/aromatic N) is 7. The van der Waals surface area contributed by atoms with Crippen molar-refractivity contribution in [3.05, 3.63) is 65.3 Å². The third-order valence-corrected chi connectivity index (χ3v) is 9.45. The number of fused-ring (bicyclic) bond motifs is 4. The van der Waals surface area contributed by atoms with Crippen LogP contribution in [0, 0.1) is 18.3 Å². The van der Waals surface area contributed by atoms with Crippen molar-refractivity contribution in [1.29, 1.82) is 0 Å². The van der Waals surface area contributed by atoms with Gasteiger partial charge in [0.25, 0.3) is 0 Å². The summed E-state index contributed by atoms with van der Waals surface area (Å²) < 4.78 is 22.2. The standard InChI is InChI=1S/C32H34FN7O2/c1-4-27(41)40-12-11-39(17-22(40)16-34-2)31-25-15-26(33)29(23-9-5-7-19-13-20-14-24(20)28(19)23)35-30(25)36-32(37-31)42-18-21-8-6-10-38(21)3/h4-5,7,9,15,20-22,24H,1,6,8,10-14,16-18H2,3H3/t20?,21-,22-,24?/m0/s1. The van der Waals surface area contributed by atoms with Crippen molar-refractivity contribution in [3.63, 3.8) is 0 Å². The molecule has 216 valence electrons. The summed E-state index contributed by atoms with van der Waals surface area (Å²) in [6, 6.07) is 7.73. The molecule has 0 N–H and O–H groups in total. The Morgan fingerprint density at radius 3 is 2.90 bits per heavy atom. The molecule has 0 spiro atoms. The SMILES string of the molecule is [C-]#[N+]C[C@H]1CN(c2nc(OC[C@@H]3CCCN3C)nc3nc(-c4cccc5c4C4CC4C5)c(F)cc23)CCN1C(=O)C=C. The quantitative estimate of drug-likeness (QED) is 0.314. The summed E-state index contributed by atoms with van der Waals surface area (Å²) in [5.74, 6) is 1.05. The average molecular weight is 568 g/mol. The molecule has 10 heteroatoms. The molecule has 4 aliphatic rings. The maximum Gasteiger partial charge on any atom is 0.320 e. The zero-order chi connectivity index (χ0) is 29.0. The van der Waals surface area contributed by atoms with Crippen molar-refractivity contribution in [2.45, 2.75) is 43.7 Å². The fourth-order valence-corrected chi connectivity index (χ4v) is 7.11. The fourth-order valence-electron chi connectivity index (χ4n) is 7.11. The zero-order valence-corrected chi connectivity index (χ0v) is 23.8. The Kier molecular flexibility index (Phi) is 6.77. The summed E-state index contributed by atoms with van der Waals surface area (Å²) in [5.41, 5.74) is 4.06. The van der Waals surface area contributed by atoms with E-state index < -0.39 is 5.82 Å². The third-order valence-electron chi connectivity index (χ3n) is 9.45. The summed E-state index contributed by atoms with van der Waals surface area (Å²) in [4.78, 5) is 36.3. The lowest BCUT2D eigenvalue weighted by atomic mass is 9.96. The third kappa shape index (κ3) is 4.66. The van der Waals surface area contributed by atoms with Crippen LogP contribution in [0.15, 0.2) is 36.9 Å². The number of aromatic nitrogens is 3. The predicted octanol–water partition coefficient (Wildman–Crippen LogP) is 4.09. The first kappa shape index (κ1) is 26.8. The van der Waals surface area contributed by atoms with Crippen molar-refractivity contribution < 1.29 is 13.9 Å². The van der Waals surface area contributed by atoms with E-state index in [1.807, 2.05) is 17.0 Å². The van der Waals surface area contributed by atoms with Gasteiger partial charge >= 0.3 is 6.01 Å². The molecule has 3 fully saturated rings. The first-order chi connectivity index (χ1) is 20.4. The van der Waals surface area contributed by atoms with Crippen LogP contribution >= 0.6 is 0 Å². The summed E-state index contributed by atoms with van der Waals surface area (Å²) in [6.07, 6.45) is 5.66. The number of pyridine rings is 1. The molecule has 4 atom stereocenters. The topological polar surface area (TPSA) is 79.1 Å². The number of carbonyl (C=O) groups is 1. The maximum atomic E-state index is 16.0. The van der Waals surface area contributed by atoms with Gasteiger partial charge in [0.05, 0.1) is 5.39 Å². The Labute approximate surface area is 244 Å². The first-order valence-corrected chi connectivity index (χ1v) is 14.8. The molecule has 2 saturated heterocycles. The fraction of sp³-hybridized carbons (Fsp3) is 0.469. The van der Waals surface area contributed by atoms with Gasteiger partial charge in [0.1, 0.15) is 30.0 Å². The number of rotatable bonds is 7. The van der Waals surface area contributed by atoms with Crippen LogP contribution in [0.1, 0.15) is 36.3 Å². The summed E-state index contributed by atoms with van der Waals surface area (Å²) in [6.45, 7) is 13.9. The highest BCUT2D eigenvalue weighted by atomic mass is 19.1. The van der Waals surface area contributed by atoms with Crippen molar-refractivity contribution in [3.8, 4) is 17.3 Å². The predicted molar refractivity (Wildman–Crippen MR) is 158 cm³/mol. The molecular formula is C32H34FN7O2. The lowest BCUT2D eigenvalue weighted by Gasteiger charge is -2.39. The second kappa shape index (κ2) is 10.6. The van der Waals surface area contributed by atoms with Crippen LogP contribution in [0.25, 0.3) is 27.1 Å². The molecule has 0 bridgehead atoms. The molecule has 1 amide bonds. The Balaban J connectivity index is 1.29. The minimum absolute atomic E-state index is 0.147. The largest absolute Gasteiger partial charge is 0.462 e. The lowest BCUT2D eigenvalue weighted by molar-refractivity contribution is -0.128. The van der Waals surface area contributed by atoms with E-state index in [4.69, 9.17) is 26.3 Å². The Hall–Kier alpha value is -4.10. The number of hydrogen-bond donors (Lipinski definition) is 0. The molecule has 9 nitrogen and oxygen atoms in total. The molecule has 7 rings (SSSR count). The van der Waals surface area contributed by atoms with Crippen molar-refractivity contribution in [2.75, 3.05) is 51.3 Å². The van der Waals surface area contributed by atoms with Gasteiger partial charge in [-0.3, -0.25) is 4.79 Å². The van der Waals surface area contributed by atoms with Crippen LogP contribution < -0.4 is 9.64 Å². The van der Waals surface area contributed by atoms with Crippen molar-refractivity contribution in [1.82, 2.24) is 24.8 Å². The number of benzene rings is 1. The maximum absolute atomic E-state index is 16.0. The number of likely N-dealkylation sites (tertiary alicyclic amines) is 1. The summed E-state index contributed by atoms with van der Waals surface area (Å²) in [7, 11) is 2.09. The highest BCUT2D eigenvalue weighted by molar-refractivity contribution is 5.90. The molecule has 1 saturated carbocycles. The van der Waals surface area contributed by atoms with E-state index in [-0.39, 0.29) is 30.5 Å². The smallest absolute Gasteiger partial charge is 0.320 e. The second-order valence-corrected chi connectivity index (χ2v) is 12.0. The summed E-state index contributed by atoms with van der Waals surface area (Å²) in [5, 5.41) is 0.489. The monoisotopic (exact) mass is 567 g/mol. The van der Waals surface area contributed by atoms with Gasteiger partial charge < -0.3 is 24.3 Å². The van der Waals surface area contributed by atoms with Gasteiger partial charge in [-0.15, -0.1) is 0 Å². The van der Waals surface area contributed by atoms with Gasteiger partial charge in [-0.1, -0.05) is 24.8 Å². The van der Waals surface area contributed by atoms with Gasteiger partial charge in [0.2, 0.25) is 12.5 Å². The van der Waals surface area contributed by atoms with Gasteiger partial charge in [-0.2, -0.15) is 9.97 Å². The van der Waals surface area contributed by atoms with Crippen LogP contribution in [0.3, 0.4) is 0 Å². The van der Waals surface area contributed by atoms with Crippen LogP contribution in [0.5, 0.6) is 6.01 Å². The Morgan fingerprint density at radius 2 is 2.12 bits per heavy atom. The number of carbonyl (C=O) groups excluding carboxylic acids is 1. The number of anilines is 1. The van der Waals surface area contributed by atoms with Gasteiger partial charge in [0, 0.05) is 31.2 Å². The molecule has 2 unspecified atom stereocenters. The van der Waals surface area contributed by atoms with E-state index in [0.717, 1.165) is 37.8 Å². The average Bonchev–Trinajstić information content (AvgIpc) is 3.47. The number of hydrogen-bond acceptors (Lipinski definition) is 7. The van der Waals surface area contributed by atoms with E-state index in [1.54, 1.807) is 4.90 Å². The highest BCUT2D eigenvalue weighted by Crippen LogP contribution is 2.58. The van der Waals surface area contributed by atoms with E-state index in [1.165, 1.54) is 23.3 Å². The molecule has 0 radical (unpaired) electrons. The van der Waals surface area contributed by atoms with Crippen LogP contribution in [0.2, 0.25) is 0 Å². The Morgan fingerprint density at radius 1 is 1.24 bits per heavy atom. The minimum Gasteiger partial charge on any atom is -0.462 e. The van der Waals surface area contributed by atoms with Crippen LogP contribution in [0.4, 0.5) is 10.2 Å². The van der Waals surface area contributed by atoms with E-state index in [0.29, 0.717) is 60.6 Å². The second-order valence-electron chi connectivity index (χ2n) is 12.0. The molecule has 2 aromatic heterocycles. The van der Waals surface area contributed by atoms with Crippen LogP contribution in [-0.4, -0.2) is 89.1 Å². The first-order valence-electron chi connectivity index (χ1n) is 14.8. The van der Waals surface area contributed by atoms with E-state index in [9.17, 15) is 4.79 Å². The van der Waals surface area contributed by atoms with Crippen LogP contribution in [-0.2, 0) is 11.2 Å². The highest BCUT2D eigenvalue weighted by Gasteiger charge is 2.46. The minimum atomic E-state index is -0.413. The number of piperazine rings is 1. The van der Waals surface area contributed by atoms with Gasteiger partial charge in [-0.25, -0.2) is 15.9 Å². The molecule has 42 heavy (non-hydrogen) atoms. The molecule has 2 aliphatic heterocycles. The molecule has 2 aliphatic carbocycles. The number of amides is 1. The van der Waals surface area contributed by atoms with Gasteiger partial charge in [-0.05, 0) is 74.4 Å².